The Morgan fingerprint density at radius 1 is 1.24 bits per heavy atom. The van der Waals surface area contributed by atoms with E-state index in [1.54, 1.807) is 0 Å². The summed E-state index contributed by atoms with van der Waals surface area (Å²) in [7, 11) is 0. The molecule has 2 nitrogen and oxygen atoms in total. The van der Waals surface area contributed by atoms with Gasteiger partial charge in [0, 0.05) is 18.5 Å². The quantitative estimate of drug-likeness (QED) is 0.816. The predicted octanol–water partition coefficient (Wildman–Crippen LogP) is 2.52. The monoisotopic (exact) mass is 232 g/mol. The normalized spacial score (nSPS) is 17.4. The van der Waals surface area contributed by atoms with Gasteiger partial charge in [0.15, 0.2) is 0 Å². The van der Waals surface area contributed by atoms with Crippen LogP contribution in [-0.2, 0) is 12.0 Å². The van der Waals surface area contributed by atoms with Gasteiger partial charge in [0.25, 0.3) is 0 Å². The van der Waals surface area contributed by atoms with Gasteiger partial charge in [-0.2, -0.15) is 0 Å². The molecule has 94 valence electrons. The summed E-state index contributed by atoms with van der Waals surface area (Å²) in [5, 5.41) is 0. The van der Waals surface area contributed by atoms with Gasteiger partial charge in [0.1, 0.15) is 0 Å². The highest BCUT2D eigenvalue weighted by atomic mass is 15.1. The molecule has 2 heteroatoms. The van der Waals surface area contributed by atoms with E-state index in [9.17, 15) is 0 Å². The fourth-order valence-corrected chi connectivity index (χ4v) is 2.59. The van der Waals surface area contributed by atoms with Crippen molar-refractivity contribution < 1.29 is 0 Å². The van der Waals surface area contributed by atoms with Gasteiger partial charge in [-0.05, 0) is 37.1 Å². The molecule has 0 radical (unpaired) electrons. The van der Waals surface area contributed by atoms with Crippen molar-refractivity contribution in [2.45, 2.75) is 38.6 Å². The van der Waals surface area contributed by atoms with Crippen LogP contribution in [0.15, 0.2) is 24.3 Å². The van der Waals surface area contributed by atoms with Crippen molar-refractivity contribution in [2.75, 3.05) is 19.6 Å². The van der Waals surface area contributed by atoms with E-state index in [0.29, 0.717) is 12.0 Å². The molecule has 1 fully saturated rings. The molecule has 1 aromatic carbocycles. The standard InChI is InChI=1S/C15H24N2/c1-3-17(4-2)12-15(8-9-15)14-7-5-6-13(10-14)11-16/h5-7,10H,3-4,8-9,11-12,16H2,1-2H3. The topological polar surface area (TPSA) is 29.3 Å². The van der Waals surface area contributed by atoms with Gasteiger partial charge < -0.3 is 10.6 Å². The van der Waals surface area contributed by atoms with Crippen LogP contribution in [0.25, 0.3) is 0 Å². The van der Waals surface area contributed by atoms with Gasteiger partial charge in [0.05, 0.1) is 0 Å². The van der Waals surface area contributed by atoms with Crippen LogP contribution >= 0.6 is 0 Å². The summed E-state index contributed by atoms with van der Waals surface area (Å²) < 4.78 is 0. The molecule has 0 aromatic heterocycles. The first-order chi connectivity index (χ1) is 8.24. The van der Waals surface area contributed by atoms with Gasteiger partial charge in [-0.15, -0.1) is 0 Å². The van der Waals surface area contributed by atoms with E-state index in [-0.39, 0.29) is 0 Å². The smallest absolute Gasteiger partial charge is 0.0178 e. The number of hydrogen-bond acceptors (Lipinski definition) is 2. The fraction of sp³-hybridized carbons (Fsp3) is 0.600. The second-order valence-corrected chi connectivity index (χ2v) is 5.15. The average Bonchev–Trinajstić information content (AvgIpc) is 3.17. The minimum Gasteiger partial charge on any atom is -0.326 e. The largest absolute Gasteiger partial charge is 0.326 e. The lowest BCUT2D eigenvalue weighted by atomic mass is 9.93. The average molecular weight is 232 g/mol. The summed E-state index contributed by atoms with van der Waals surface area (Å²) in [5.41, 5.74) is 8.90. The number of benzene rings is 1. The van der Waals surface area contributed by atoms with Crippen LogP contribution < -0.4 is 5.73 Å². The lowest BCUT2D eigenvalue weighted by Gasteiger charge is -2.25. The molecule has 2 N–H and O–H groups in total. The molecule has 0 unspecified atom stereocenters. The first-order valence-electron chi connectivity index (χ1n) is 6.76. The number of rotatable bonds is 6. The van der Waals surface area contributed by atoms with E-state index in [1.165, 1.54) is 30.5 Å². The molecule has 1 saturated carbocycles. The Morgan fingerprint density at radius 2 is 1.94 bits per heavy atom. The van der Waals surface area contributed by atoms with Gasteiger partial charge in [0.2, 0.25) is 0 Å². The SMILES string of the molecule is CCN(CC)CC1(c2cccc(CN)c2)CC1. The van der Waals surface area contributed by atoms with Crippen LogP contribution in [-0.4, -0.2) is 24.5 Å². The lowest BCUT2D eigenvalue weighted by Crippen LogP contribution is -2.32. The highest BCUT2D eigenvalue weighted by Gasteiger charge is 2.44. The molecular weight excluding hydrogens is 208 g/mol. The first-order valence-corrected chi connectivity index (χ1v) is 6.76. The molecule has 2 rings (SSSR count). The minimum atomic E-state index is 0.428. The van der Waals surface area contributed by atoms with Crippen LogP contribution in [0, 0.1) is 0 Å². The van der Waals surface area contributed by atoms with E-state index in [4.69, 9.17) is 5.73 Å². The summed E-state index contributed by atoms with van der Waals surface area (Å²) in [6, 6.07) is 8.85. The third kappa shape index (κ3) is 2.70. The molecule has 0 aliphatic heterocycles. The van der Waals surface area contributed by atoms with Gasteiger partial charge in [-0.3, -0.25) is 0 Å². The minimum absolute atomic E-state index is 0.428. The summed E-state index contributed by atoms with van der Waals surface area (Å²) in [6.07, 6.45) is 2.66. The molecule has 0 spiro atoms. The summed E-state index contributed by atoms with van der Waals surface area (Å²) >= 11 is 0. The highest BCUT2D eigenvalue weighted by Crippen LogP contribution is 2.48. The fourth-order valence-electron chi connectivity index (χ4n) is 2.59. The van der Waals surface area contributed by atoms with Crippen molar-refractivity contribution in [1.29, 1.82) is 0 Å². The van der Waals surface area contributed by atoms with Crippen LogP contribution in [0.5, 0.6) is 0 Å². The summed E-state index contributed by atoms with van der Waals surface area (Å²) in [4.78, 5) is 2.53. The highest BCUT2D eigenvalue weighted by molar-refractivity contribution is 5.35. The Balaban J connectivity index is 2.14. The first kappa shape index (κ1) is 12.6. The van der Waals surface area contributed by atoms with Crippen molar-refractivity contribution in [1.82, 2.24) is 4.90 Å². The second-order valence-electron chi connectivity index (χ2n) is 5.15. The van der Waals surface area contributed by atoms with Crippen LogP contribution in [0.1, 0.15) is 37.8 Å². The van der Waals surface area contributed by atoms with Crippen LogP contribution in [0.4, 0.5) is 0 Å². The second kappa shape index (κ2) is 5.19. The van der Waals surface area contributed by atoms with Crippen molar-refractivity contribution in [2.24, 2.45) is 5.73 Å². The lowest BCUT2D eigenvalue weighted by molar-refractivity contribution is 0.275. The molecular formula is C15H24N2. The molecule has 17 heavy (non-hydrogen) atoms. The predicted molar refractivity (Wildman–Crippen MR) is 73.0 cm³/mol. The molecule has 0 amide bonds. The van der Waals surface area contributed by atoms with E-state index in [0.717, 1.165) is 13.1 Å². The molecule has 0 atom stereocenters. The zero-order valence-electron chi connectivity index (χ0n) is 11.1. The van der Waals surface area contributed by atoms with Crippen molar-refractivity contribution in [3.8, 4) is 0 Å². The van der Waals surface area contributed by atoms with Gasteiger partial charge in [-0.25, -0.2) is 0 Å². The zero-order chi connectivity index (χ0) is 12.3. The molecule has 0 heterocycles. The Hall–Kier alpha value is -0.860. The Bertz CT molecular complexity index is 365. The molecule has 0 saturated heterocycles. The Morgan fingerprint density at radius 3 is 2.47 bits per heavy atom. The van der Waals surface area contributed by atoms with Crippen molar-refractivity contribution in [3.63, 3.8) is 0 Å². The van der Waals surface area contributed by atoms with Crippen molar-refractivity contribution >= 4 is 0 Å². The number of nitrogens with two attached hydrogens (primary N) is 1. The van der Waals surface area contributed by atoms with Gasteiger partial charge >= 0.3 is 0 Å². The van der Waals surface area contributed by atoms with E-state index < -0.39 is 0 Å². The van der Waals surface area contributed by atoms with Crippen molar-refractivity contribution in [3.05, 3.63) is 35.4 Å². The van der Waals surface area contributed by atoms with Crippen LogP contribution in [0.3, 0.4) is 0 Å². The van der Waals surface area contributed by atoms with E-state index in [2.05, 4.69) is 43.0 Å². The molecule has 1 aromatic rings. The third-order valence-corrected chi connectivity index (χ3v) is 4.05. The van der Waals surface area contributed by atoms with Gasteiger partial charge in [-0.1, -0.05) is 38.1 Å². The molecule has 0 bridgehead atoms. The Kier molecular flexibility index (Phi) is 3.85. The molecule has 1 aliphatic rings. The third-order valence-electron chi connectivity index (χ3n) is 4.05. The molecule has 1 aliphatic carbocycles. The zero-order valence-corrected chi connectivity index (χ0v) is 11.1. The van der Waals surface area contributed by atoms with E-state index in [1.807, 2.05) is 0 Å². The Labute approximate surface area is 105 Å². The number of hydrogen-bond donors (Lipinski definition) is 1. The maximum atomic E-state index is 5.73. The maximum Gasteiger partial charge on any atom is 0.0178 e. The summed E-state index contributed by atoms with van der Waals surface area (Å²) in [5.74, 6) is 0. The van der Waals surface area contributed by atoms with Crippen LogP contribution in [0.2, 0.25) is 0 Å². The van der Waals surface area contributed by atoms with E-state index >= 15 is 0 Å². The maximum absolute atomic E-state index is 5.73. The number of likely N-dealkylation sites (N-methyl/N-ethyl adjacent to an activating group) is 1. The number of nitrogens with zero attached hydrogens (tertiary/aromatic N) is 1. The summed E-state index contributed by atoms with van der Waals surface area (Å²) in [6.45, 7) is 8.64.